The van der Waals surface area contributed by atoms with E-state index in [4.69, 9.17) is 4.74 Å². The Morgan fingerprint density at radius 2 is 1.96 bits per heavy atom. The van der Waals surface area contributed by atoms with Gasteiger partial charge >= 0.3 is 5.97 Å². The van der Waals surface area contributed by atoms with Gasteiger partial charge in [0.25, 0.3) is 5.91 Å². The summed E-state index contributed by atoms with van der Waals surface area (Å²) in [5, 5.41) is 2.92. The van der Waals surface area contributed by atoms with Crippen molar-refractivity contribution < 1.29 is 14.3 Å². The fourth-order valence-electron chi connectivity index (χ4n) is 3.02. The van der Waals surface area contributed by atoms with E-state index in [-0.39, 0.29) is 11.9 Å². The minimum atomic E-state index is -0.209. The van der Waals surface area contributed by atoms with Crippen LogP contribution in [0, 0.1) is 13.8 Å². The fraction of sp³-hybridized carbons (Fsp3) is 0.444. The second kappa shape index (κ2) is 6.86. The number of carbonyl (C=O) groups is 2. The summed E-state index contributed by atoms with van der Waals surface area (Å²) in [6, 6.07) is 0. The number of H-pyrrole nitrogens is 1. The van der Waals surface area contributed by atoms with E-state index in [1.54, 1.807) is 0 Å². The van der Waals surface area contributed by atoms with Crippen LogP contribution in [0.25, 0.3) is 6.08 Å². The molecule has 5 heteroatoms. The first-order valence-corrected chi connectivity index (χ1v) is 7.87. The molecule has 0 bridgehead atoms. The average molecular weight is 317 g/mol. The van der Waals surface area contributed by atoms with Crippen LogP contribution in [0.2, 0.25) is 0 Å². The third-order valence-electron chi connectivity index (χ3n) is 4.45. The molecule has 2 rings (SSSR count). The van der Waals surface area contributed by atoms with Crippen LogP contribution in [0.5, 0.6) is 0 Å². The maximum Gasteiger partial charge on any atom is 0.305 e. The molecule has 0 saturated heterocycles. The van der Waals surface area contributed by atoms with Crippen LogP contribution in [0.3, 0.4) is 0 Å². The smallest absolute Gasteiger partial charge is 0.305 e. The zero-order chi connectivity index (χ0) is 17.1. The predicted molar refractivity (Wildman–Crippen MR) is 89.7 cm³/mol. The number of rotatable bonds is 5. The van der Waals surface area contributed by atoms with Crippen molar-refractivity contribution in [2.24, 2.45) is 0 Å². The summed E-state index contributed by atoms with van der Waals surface area (Å²) in [4.78, 5) is 26.5. The monoisotopic (exact) mass is 317 g/mol. The summed E-state index contributed by atoms with van der Waals surface area (Å²) in [5.41, 5.74) is 6.94. The summed E-state index contributed by atoms with van der Waals surface area (Å²) in [5.74, 6) is -0.236. The van der Waals surface area contributed by atoms with E-state index in [2.05, 4.69) is 10.3 Å². The van der Waals surface area contributed by atoms with Crippen LogP contribution < -0.4 is 5.32 Å². The molecule has 1 aromatic heterocycles. The van der Waals surface area contributed by atoms with Gasteiger partial charge in [-0.2, -0.15) is 0 Å². The Bertz CT molecular complexity index is 708. The van der Waals surface area contributed by atoms with Gasteiger partial charge in [-0.15, -0.1) is 0 Å². The number of aromatic nitrogens is 1. The Hall–Kier alpha value is -2.30. The first-order valence-electron chi connectivity index (χ1n) is 7.87. The van der Waals surface area contributed by atoms with Crippen LogP contribution in [0.4, 0.5) is 0 Å². The Labute approximate surface area is 136 Å². The molecule has 5 nitrogen and oxygen atoms in total. The summed E-state index contributed by atoms with van der Waals surface area (Å²) in [6.45, 7) is 7.92. The number of carbonyl (C=O) groups excluding carboxylic acids is 2. The zero-order valence-corrected chi connectivity index (χ0v) is 14.4. The van der Waals surface area contributed by atoms with Gasteiger partial charge in [0.05, 0.1) is 7.11 Å². The fourth-order valence-corrected chi connectivity index (χ4v) is 3.02. The first-order chi connectivity index (χ1) is 10.9. The SMILES string of the molecule is CCC1=C(C)C(=O)N/C1=C\c1[nH]c(C)c(CC[13C](=O)OC)c1C. The molecule has 0 saturated carbocycles. The van der Waals surface area contributed by atoms with Crippen molar-refractivity contribution in [3.05, 3.63) is 39.4 Å². The maximum atomic E-state index is 11.8. The van der Waals surface area contributed by atoms with Gasteiger partial charge < -0.3 is 15.0 Å². The van der Waals surface area contributed by atoms with Gasteiger partial charge in [-0.1, -0.05) is 6.92 Å². The Kier molecular flexibility index (Phi) is 5.08. The predicted octanol–water partition coefficient (Wildman–Crippen LogP) is 2.93. The van der Waals surface area contributed by atoms with Gasteiger partial charge in [-0.05, 0) is 56.4 Å². The molecule has 1 aromatic rings. The minimum absolute atomic E-state index is 0.0278. The van der Waals surface area contributed by atoms with E-state index >= 15 is 0 Å². The third kappa shape index (κ3) is 3.38. The van der Waals surface area contributed by atoms with E-state index in [1.807, 2.05) is 33.8 Å². The molecule has 0 aromatic carbocycles. The molecule has 23 heavy (non-hydrogen) atoms. The largest absolute Gasteiger partial charge is 0.469 e. The van der Waals surface area contributed by atoms with Gasteiger partial charge in [-0.25, -0.2) is 0 Å². The van der Waals surface area contributed by atoms with E-state index in [9.17, 15) is 9.59 Å². The lowest BCUT2D eigenvalue weighted by atomic mass is 10.0. The number of aromatic amines is 1. The van der Waals surface area contributed by atoms with Crippen molar-refractivity contribution in [2.45, 2.75) is 47.0 Å². The minimum Gasteiger partial charge on any atom is -0.469 e. The van der Waals surface area contributed by atoms with Crippen molar-refractivity contribution in [1.82, 2.24) is 10.3 Å². The van der Waals surface area contributed by atoms with Crippen LogP contribution >= 0.6 is 0 Å². The molecule has 0 atom stereocenters. The van der Waals surface area contributed by atoms with E-state index in [0.717, 1.165) is 45.8 Å². The summed E-state index contributed by atoms with van der Waals surface area (Å²) >= 11 is 0. The highest BCUT2D eigenvalue weighted by molar-refractivity contribution is 6.00. The van der Waals surface area contributed by atoms with Gasteiger partial charge in [-0.3, -0.25) is 9.59 Å². The highest BCUT2D eigenvalue weighted by Gasteiger charge is 2.23. The van der Waals surface area contributed by atoms with Crippen molar-refractivity contribution >= 4 is 18.0 Å². The standard InChI is InChI=1S/C18H24N2O3/c1-6-13-11(3)18(22)20-16(13)9-15-10(2)14(12(4)19-15)7-8-17(21)23-5/h9,19H,6-8H2,1-5H3,(H,20,22)/b16-9-/i17+1. The summed E-state index contributed by atoms with van der Waals surface area (Å²) < 4.78 is 4.70. The maximum absolute atomic E-state index is 11.8. The molecule has 0 radical (unpaired) electrons. The van der Waals surface area contributed by atoms with Gasteiger partial charge in [0.15, 0.2) is 0 Å². The molecule has 0 fully saturated rings. The van der Waals surface area contributed by atoms with E-state index < -0.39 is 0 Å². The number of esters is 1. The number of nitrogens with one attached hydrogen (secondary N) is 2. The number of methoxy groups -OCH3 is 1. The van der Waals surface area contributed by atoms with Crippen molar-refractivity contribution in [1.29, 1.82) is 0 Å². The number of ether oxygens (including phenoxy) is 1. The highest BCUT2D eigenvalue weighted by atomic mass is 16.6. The van der Waals surface area contributed by atoms with E-state index in [0.29, 0.717) is 12.8 Å². The number of amides is 1. The van der Waals surface area contributed by atoms with Crippen LogP contribution in [-0.4, -0.2) is 24.0 Å². The second-order valence-corrected chi connectivity index (χ2v) is 5.81. The van der Waals surface area contributed by atoms with Gasteiger partial charge in [0.1, 0.15) is 0 Å². The molecule has 0 aliphatic carbocycles. The molecule has 1 aliphatic heterocycles. The number of aryl methyl sites for hydroxylation is 1. The van der Waals surface area contributed by atoms with Gasteiger partial charge in [0, 0.05) is 29.1 Å². The highest BCUT2D eigenvalue weighted by Crippen LogP contribution is 2.27. The van der Waals surface area contributed by atoms with E-state index in [1.165, 1.54) is 7.11 Å². The lowest BCUT2D eigenvalue weighted by molar-refractivity contribution is -0.140. The molecular formula is C18H24N2O3. The molecule has 1 amide bonds. The number of hydrogen-bond donors (Lipinski definition) is 2. The van der Waals surface area contributed by atoms with Crippen molar-refractivity contribution in [3.8, 4) is 0 Å². The summed E-state index contributed by atoms with van der Waals surface area (Å²) in [6.07, 6.45) is 3.80. The lowest BCUT2D eigenvalue weighted by Gasteiger charge is -2.04. The van der Waals surface area contributed by atoms with Gasteiger partial charge in [0.2, 0.25) is 0 Å². The molecule has 124 valence electrons. The summed E-state index contributed by atoms with van der Waals surface area (Å²) in [7, 11) is 1.40. The molecule has 2 heterocycles. The average Bonchev–Trinajstić information content (AvgIpc) is 2.94. The van der Waals surface area contributed by atoms with Crippen LogP contribution in [-0.2, 0) is 20.7 Å². The normalized spacial score (nSPS) is 16.2. The lowest BCUT2D eigenvalue weighted by Crippen LogP contribution is -2.15. The Morgan fingerprint density at radius 3 is 2.57 bits per heavy atom. The number of allylic oxidation sites excluding steroid dienone is 1. The molecule has 1 aliphatic rings. The molecule has 2 N–H and O–H groups in total. The Morgan fingerprint density at radius 1 is 1.26 bits per heavy atom. The second-order valence-electron chi connectivity index (χ2n) is 5.81. The molecule has 0 spiro atoms. The molecular weight excluding hydrogens is 293 g/mol. The van der Waals surface area contributed by atoms with Crippen molar-refractivity contribution in [2.75, 3.05) is 7.11 Å². The van der Waals surface area contributed by atoms with Crippen LogP contribution in [0.15, 0.2) is 16.8 Å². The molecule has 0 unspecified atom stereocenters. The number of hydrogen-bond acceptors (Lipinski definition) is 3. The van der Waals surface area contributed by atoms with Crippen molar-refractivity contribution in [3.63, 3.8) is 0 Å². The topological polar surface area (TPSA) is 71.2 Å². The third-order valence-corrected chi connectivity index (χ3v) is 4.45. The Balaban J connectivity index is 2.30. The van der Waals surface area contributed by atoms with Crippen LogP contribution in [0.1, 0.15) is 49.2 Å². The first kappa shape index (κ1) is 17.1. The quantitative estimate of drug-likeness (QED) is 0.648. The zero-order valence-electron chi connectivity index (χ0n) is 14.4.